The summed E-state index contributed by atoms with van der Waals surface area (Å²) in [6.45, 7) is 9.82. The third-order valence-corrected chi connectivity index (χ3v) is 5.53. The first-order valence-corrected chi connectivity index (χ1v) is 9.45. The minimum atomic E-state index is 0.0699. The average Bonchev–Trinajstić information content (AvgIpc) is 3.28. The topological polar surface area (TPSA) is 67.1 Å². The van der Waals surface area contributed by atoms with Crippen molar-refractivity contribution >= 4 is 17.3 Å². The van der Waals surface area contributed by atoms with E-state index in [1.54, 1.807) is 11.3 Å². The number of guanidine groups is 1. The summed E-state index contributed by atoms with van der Waals surface area (Å²) in [6.07, 6.45) is 2.19. The van der Waals surface area contributed by atoms with Crippen LogP contribution in [0.2, 0.25) is 0 Å². The van der Waals surface area contributed by atoms with Gasteiger partial charge in [-0.05, 0) is 24.8 Å². The molecule has 0 radical (unpaired) electrons. The van der Waals surface area contributed by atoms with Gasteiger partial charge in [0.05, 0.1) is 0 Å². The van der Waals surface area contributed by atoms with Gasteiger partial charge in [-0.2, -0.15) is 0 Å². The summed E-state index contributed by atoms with van der Waals surface area (Å²) >= 11 is 1.80. The summed E-state index contributed by atoms with van der Waals surface area (Å²) in [6, 6.07) is 4.29. The van der Waals surface area contributed by atoms with Crippen molar-refractivity contribution in [3.63, 3.8) is 0 Å². The molecular formula is C17H26N6S. The highest BCUT2D eigenvalue weighted by molar-refractivity contribution is 7.10. The lowest BCUT2D eigenvalue weighted by atomic mass is 9.91. The molecule has 0 saturated heterocycles. The van der Waals surface area contributed by atoms with Crippen molar-refractivity contribution in [1.29, 1.82) is 0 Å². The maximum absolute atomic E-state index is 4.69. The van der Waals surface area contributed by atoms with E-state index >= 15 is 0 Å². The standard InChI is InChI=1S/C17H26N6S/c1-4-18-16(20-12-17(2,3)13-7-6-10-24-13)19-11-15-22-21-14-8-5-9-23(14)15/h6-7,10H,4-5,8-9,11-12H2,1-3H3,(H2,18,19,20). The van der Waals surface area contributed by atoms with Crippen LogP contribution in [0.4, 0.5) is 0 Å². The second-order valence-electron chi connectivity index (χ2n) is 6.70. The molecule has 0 amide bonds. The number of nitrogens with one attached hydrogen (secondary N) is 2. The molecule has 130 valence electrons. The number of nitrogens with zero attached hydrogens (tertiary/aromatic N) is 4. The quantitative estimate of drug-likeness (QED) is 0.622. The molecule has 0 fully saturated rings. The van der Waals surface area contributed by atoms with Crippen LogP contribution in [0, 0.1) is 0 Å². The smallest absolute Gasteiger partial charge is 0.191 e. The Balaban J connectivity index is 1.63. The van der Waals surface area contributed by atoms with Crippen molar-refractivity contribution in [2.24, 2.45) is 4.99 Å². The highest BCUT2D eigenvalue weighted by atomic mass is 32.1. The van der Waals surface area contributed by atoms with Crippen LogP contribution in [0.5, 0.6) is 0 Å². The van der Waals surface area contributed by atoms with Crippen LogP contribution in [-0.4, -0.2) is 33.8 Å². The van der Waals surface area contributed by atoms with Gasteiger partial charge in [0.15, 0.2) is 11.8 Å². The monoisotopic (exact) mass is 346 g/mol. The van der Waals surface area contributed by atoms with E-state index < -0.39 is 0 Å². The SMILES string of the molecule is CCNC(=NCc1nnc2n1CCC2)NCC(C)(C)c1cccs1. The fourth-order valence-electron chi connectivity index (χ4n) is 2.87. The van der Waals surface area contributed by atoms with Crippen LogP contribution in [0.3, 0.4) is 0 Å². The van der Waals surface area contributed by atoms with Crippen LogP contribution in [0.15, 0.2) is 22.5 Å². The number of aliphatic imine (C=N–C) groups is 1. The third kappa shape index (κ3) is 3.77. The molecule has 7 heteroatoms. The predicted octanol–water partition coefficient (Wildman–Crippen LogP) is 2.32. The number of aromatic nitrogens is 3. The van der Waals surface area contributed by atoms with Gasteiger partial charge in [-0.25, -0.2) is 4.99 Å². The summed E-state index contributed by atoms with van der Waals surface area (Å²) in [4.78, 5) is 6.07. The van der Waals surface area contributed by atoms with Crippen LogP contribution in [-0.2, 0) is 24.9 Å². The molecule has 0 saturated carbocycles. The molecule has 0 spiro atoms. The number of hydrogen-bond donors (Lipinski definition) is 2. The first kappa shape index (κ1) is 17.0. The molecule has 0 atom stereocenters. The fraction of sp³-hybridized carbons (Fsp3) is 0.588. The summed E-state index contributed by atoms with van der Waals surface area (Å²) < 4.78 is 2.20. The van der Waals surface area contributed by atoms with Gasteiger partial charge in [0, 0.05) is 36.3 Å². The Morgan fingerprint density at radius 2 is 2.25 bits per heavy atom. The molecular weight excluding hydrogens is 320 g/mol. The summed E-state index contributed by atoms with van der Waals surface area (Å²) in [5.41, 5.74) is 0.0699. The minimum absolute atomic E-state index is 0.0699. The Morgan fingerprint density at radius 1 is 1.38 bits per heavy atom. The number of fused-ring (bicyclic) bond motifs is 1. The zero-order chi connectivity index (χ0) is 17.0. The average molecular weight is 347 g/mol. The van der Waals surface area contributed by atoms with Gasteiger partial charge in [0.2, 0.25) is 0 Å². The van der Waals surface area contributed by atoms with Crippen LogP contribution in [0.1, 0.15) is 43.7 Å². The molecule has 0 bridgehead atoms. The zero-order valence-corrected chi connectivity index (χ0v) is 15.5. The summed E-state index contributed by atoms with van der Waals surface area (Å²) in [5, 5.41) is 17.4. The lowest BCUT2D eigenvalue weighted by Gasteiger charge is -2.25. The van der Waals surface area contributed by atoms with Crippen molar-refractivity contribution in [2.75, 3.05) is 13.1 Å². The normalized spacial score (nSPS) is 14.7. The lowest BCUT2D eigenvalue weighted by Crippen LogP contribution is -2.43. The molecule has 1 aliphatic heterocycles. The molecule has 24 heavy (non-hydrogen) atoms. The van der Waals surface area contributed by atoms with Crippen LogP contribution in [0.25, 0.3) is 0 Å². The molecule has 0 unspecified atom stereocenters. The summed E-state index contributed by atoms with van der Waals surface area (Å²) in [7, 11) is 0. The van der Waals surface area contributed by atoms with E-state index in [9.17, 15) is 0 Å². The van der Waals surface area contributed by atoms with Crippen LogP contribution < -0.4 is 10.6 Å². The molecule has 0 aliphatic carbocycles. The van der Waals surface area contributed by atoms with E-state index in [2.05, 4.69) is 63.7 Å². The van der Waals surface area contributed by atoms with Gasteiger partial charge in [0.1, 0.15) is 12.4 Å². The predicted molar refractivity (Wildman–Crippen MR) is 98.5 cm³/mol. The molecule has 2 N–H and O–H groups in total. The van der Waals surface area contributed by atoms with Gasteiger partial charge in [-0.15, -0.1) is 21.5 Å². The van der Waals surface area contributed by atoms with Crippen molar-refractivity contribution in [3.05, 3.63) is 34.0 Å². The van der Waals surface area contributed by atoms with E-state index in [0.29, 0.717) is 6.54 Å². The maximum atomic E-state index is 4.69. The van der Waals surface area contributed by atoms with Gasteiger partial charge >= 0.3 is 0 Å². The third-order valence-electron chi connectivity index (χ3n) is 4.29. The Kier molecular flexibility index (Phi) is 5.18. The van der Waals surface area contributed by atoms with Gasteiger partial charge in [-0.1, -0.05) is 19.9 Å². The molecule has 3 heterocycles. The second-order valence-corrected chi connectivity index (χ2v) is 7.65. The molecule has 2 aromatic heterocycles. The molecule has 0 aromatic carbocycles. The second kappa shape index (κ2) is 7.34. The Bertz CT molecular complexity index is 686. The Morgan fingerprint density at radius 3 is 3.00 bits per heavy atom. The zero-order valence-electron chi connectivity index (χ0n) is 14.7. The van der Waals surface area contributed by atoms with Crippen molar-refractivity contribution < 1.29 is 0 Å². The first-order chi connectivity index (χ1) is 11.6. The number of aryl methyl sites for hydroxylation is 1. The molecule has 6 nitrogen and oxygen atoms in total. The van der Waals surface area contributed by atoms with Crippen LogP contribution >= 0.6 is 11.3 Å². The van der Waals surface area contributed by atoms with Gasteiger partial charge in [-0.3, -0.25) is 0 Å². The van der Waals surface area contributed by atoms with Gasteiger partial charge in [0.25, 0.3) is 0 Å². The van der Waals surface area contributed by atoms with Gasteiger partial charge < -0.3 is 15.2 Å². The highest BCUT2D eigenvalue weighted by Gasteiger charge is 2.22. The Labute approximate surface area is 147 Å². The molecule has 2 aromatic rings. The number of hydrogen-bond acceptors (Lipinski definition) is 4. The van der Waals surface area contributed by atoms with Crippen molar-refractivity contribution in [3.8, 4) is 0 Å². The summed E-state index contributed by atoms with van der Waals surface area (Å²) in [5.74, 6) is 2.88. The molecule has 3 rings (SSSR count). The van der Waals surface area contributed by atoms with Crippen molar-refractivity contribution in [1.82, 2.24) is 25.4 Å². The molecule has 1 aliphatic rings. The van der Waals surface area contributed by atoms with Crippen molar-refractivity contribution in [2.45, 2.75) is 52.1 Å². The number of rotatable bonds is 6. The van der Waals surface area contributed by atoms with E-state index in [0.717, 1.165) is 50.1 Å². The Hall–Kier alpha value is -1.89. The van der Waals surface area contributed by atoms with E-state index in [1.807, 2.05) is 0 Å². The minimum Gasteiger partial charge on any atom is -0.357 e. The maximum Gasteiger partial charge on any atom is 0.191 e. The largest absolute Gasteiger partial charge is 0.357 e. The number of thiophene rings is 1. The fourth-order valence-corrected chi connectivity index (χ4v) is 3.73. The highest BCUT2D eigenvalue weighted by Crippen LogP contribution is 2.26. The van der Waals surface area contributed by atoms with E-state index in [1.165, 1.54) is 4.88 Å². The lowest BCUT2D eigenvalue weighted by molar-refractivity contribution is 0.518. The first-order valence-electron chi connectivity index (χ1n) is 8.57. The van der Waals surface area contributed by atoms with E-state index in [-0.39, 0.29) is 5.41 Å². The van der Waals surface area contributed by atoms with E-state index in [4.69, 9.17) is 4.99 Å².